The van der Waals surface area contributed by atoms with Crippen LogP contribution in [0, 0.1) is 0 Å². The Morgan fingerprint density at radius 2 is 2.00 bits per heavy atom. The van der Waals surface area contributed by atoms with Crippen molar-refractivity contribution < 1.29 is 24.0 Å². The zero-order valence-corrected chi connectivity index (χ0v) is 9.04. The number of ether oxygens (including phenoxy) is 1. The van der Waals surface area contributed by atoms with E-state index in [2.05, 4.69) is 9.57 Å². The molecule has 15 heavy (non-hydrogen) atoms. The van der Waals surface area contributed by atoms with Crippen LogP contribution in [0.2, 0.25) is 0 Å². The van der Waals surface area contributed by atoms with E-state index in [0.29, 0.717) is 10.8 Å². The number of hydroxylamine groups is 2. The fourth-order valence-electron chi connectivity index (χ4n) is 0.967. The third kappa shape index (κ3) is 3.43. The van der Waals surface area contributed by atoms with Gasteiger partial charge in [0, 0.05) is 18.6 Å². The largest absolute Gasteiger partial charge is 0.533 e. The van der Waals surface area contributed by atoms with Gasteiger partial charge < -0.3 is 4.74 Å². The van der Waals surface area contributed by atoms with Crippen molar-refractivity contribution in [2.24, 2.45) is 0 Å². The minimum absolute atomic E-state index is 0.0803. The molecule has 0 aliphatic carbocycles. The molecule has 0 saturated carbocycles. The van der Waals surface area contributed by atoms with Crippen molar-refractivity contribution in [2.45, 2.75) is 12.8 Å². The molecule has 7 heteroatoms. The monoisotopic (exact) mass is 233 g/mol. The van der Waals surface area contributed by atoms with E-state index in [0.717, 1.165) is 0 Å². The molecule has 0 aromatic carbocycles. The molecule has 0 radical (unpaired) electrons. The fraction of sp³-hybridized carbons (Fsp3) is 0.625. The van der Waals surface area contributed by atoms with Crippen molar-refractivity contribution in [3.63, 3.8) is 0 Å². The van der Waals surface area contributed by atoms with Gasteiger partial charge in [-0.25, -0.2) is 4.79 Å². The molecule has 0 N–H and O–H groups in total. The summed E-state index contributed by atoms with van der Waals surface area (Å²) in [6, 6.07) is 0. The van der Waals surface area contributed by atoms with Crippen molar-refractivity contribution >= 4 is 29.7 Å². The molecule has 1 rings (SSSR count). The van der Waals surface area contributed by atoms with Gasteiger partial charge in [0.1, 0.15) is 6.61 Å². The van der Waals surface area contributed by atoms with Crippen LogP contribution in [0.5, 0.6) is 0 Å². The van der Waals surface area contributed by atoms with E-state index in [-0.39, 0.29) is 19.4 Å². The van der Waals surface area contributed by atoms with Gasteiger partial charge in [0.05, 0.1) is 0 Å². The maximum Gasteiger partial charge on any atom is 0.533 e. The molecule has 1 aliphatic rings. The summed E-state index contributed by atoms with van der Waals surface area (Å²) in [6.45, 7) is 0.191. The van der Waals surface area contributed by atoms with Gasteiger partial charge in [-0.2, -0.15) is 11.8 Å². The quantitative estimate of drug-likeness (QED) is 0.401. The van der Waals surface area contributed by atoms with Crippen LogP contribution in [0.15, 0.2) is 0 Å². The Bertz CT molecular complexity index is 264. The number of hydrogen-bond donors (Lipinski definition) is 0. The summed E-state index contributed by atoms with van der Waals surface area (Å²) in [7, 11) is 0. The van der Waals surface area contributed by atoms with Crippen LogP contribution in [0.3, 0.4) is 0 Å². The summed E-state index contributed by atoms with van der Waals surface area (Å²) in [6.07, 6.45) is 1.00. The maximum atomic E-state index is 11.0. The summed E-state index contributed by atoms with van der Waals surface area (Å²) in [4.78, 5) is 37.4. The van der Waals surface area contributed by atoms with Crippen LogP contribution in [0.25, 0.3) is 0 Å². The number of thioether (sulfide) groups is 1. The lowest BCUT2D eigenvalue weighted by atomic mass is 10.4. The normalized spacial score (nSPS) is 15.7. The summed E-state index contributed by atoms with van der Waals surface area (Å²) in [5.41, 5.74) is 0. The van der Waals surface area contributed by atoms with Crippen molar-refractivity contribution in [1.29, 1.82) is 0 Å². The Morgan fingerprint density at radius 3 is 2.53 bits per heavy atom. The van der Waals surface area contributed by atoms with E-state index >= 15 is 0 Å². The van der Waals surface area contributed by atoms with E-state index in [1.54, 1.807) is 0 Å². The zero-order chi connectivity index (χ0) is 11.3. The highest BCUT2D eigenvalue weighted by molar-refractivity contribution is 7.98. The summed E-state index contributed by atoms with van der Waals surface area (Å²) >= 11 is 1.51. The Hall–Kier alpha value is -1.24. The van der Waals surface area contributed by atoms with E-state index in [1.165, 1.54) is 11.8 Å². The number of amides is 2. The van der Waals surface area contributed by atoms with E-state index in [9.17, 15) is 14.4 Å². The third-order valence-corrected chi connectivity index (χ3v) is 2.25. The number of nitrogens with zero attached hydrogens (tertiary/aromatic N) is 1. The molecule has 6 nitrogen and oxygen atoms in total. The first-order chi connectivity index (χ1) is 7.15. The lowest BCUT2D eigenvalue weighted by Crippen LogP contribution is -2.32. The first kappa shape index (κ1) is 11.8. The molecule has 0 aromatic rings. The van der Waals surface area contributed by atoms with Gasteiger partial charge in [-0.3, -0.25) is 14.4 Å². The van der Waals surface area contributed by atoms with Gasteiger partial charge in [0.25, 0.3) is 11.8 Å². The number of carbonyl (C=O) groups is 3. The van der Waals surface area contributed by atoms with Gasteiger partial charge in [-0.1, -0.05) is 5.06 Å². The number of hydrogen-bond acceptors (Lipinski definition) is 6. The number of carbonyl (C=O) groups excluding carboxylic acids is 3. The first-order valence-corrected chi connectivity index (χ1v) is 5.74. The highest BCUT2D eigenvalue weighted by Crippen LogP contribution is 2.12. The average Bonchev–Trinajstić information content (AvgIpc) is 2.50. The van der Waals surface area contributed by atoms with E-state index < -0.39 is 18.0 Å². The predicted molar refractivity (Wildman–Crippen MR) is 51.9 cm³/mol. The molecule has 84 valence electrons. The number of rotatable bonds is 4. The topological polar surface area (TPSA) is 72.9 Å². The second-order valence-electron chi connectivity index (χ2n) is 2.76. The Kier molecular flexibility index (Phi) is 4.41. The highest BCUT2D eigenvalue weighted by Gasteiger charge is 2.33. The van der Waals surface area contributed by atoms with Crippen molar-refractivity contribution in [2.75, 3.05) is 18.6 Å². The average molecular weight is 233 g/mol. The van der Waals surface area contributed by atoms with E-state index in [1.807, 2.05) is 6.26 Å². The second kappa shape index (κ2) is 5.59. The van der Waals surface area contributed by atoms with Crippen LogP contribution in [-0.2, 0) is 19.2 Å². The van der Waals surface area contributed by atoms with Crippen molar-refractivity contribution in [1.82, 2.24) is 5.06 Å². The molecule has 1 aliphatic heterocycles. The van der Waals surface area contributed by atoms with Gasteiger partial charge in [0.15, 0.2) is 0 Å². The Balaban J connectivity index is 2.31. The minimum atomic E-state index is -1.02. The molecule has 2 amide bonds. The number of imide groups is 1. The van der Waals surface area contributed by atoms with Crippen LogP contribution < -0.4 is 0 Å². The molecule has 1 fully saturated rings. The summed E-state index contributed by atoms with van der Waals surface area (Å²) < 4.78 is 4.61. The molecule has 0 aromatic heterocycles. The summed E-state index contributed by atoms with van der Waals surface area (Å²) in [5, 5.41) is 0.460. The SMILES string of the molecule is CSCCOC(=O)ON1C(=O)CCC1=O. The lowest BCUT2D eigenvalue weighted by Gasteiger charge is -2.11. The zero-order valence-electron chi connectivity index (χ0n) is 8.23. The van der Waals surface area contributed by atoms with Gasteiger partial charge in [0.2, 0.25) is 0 Å². The molecule has 0 unspecified atom stereocenters. The van der Waals surface area contributed by atoms with Crippen LogP contribution in [0.1, 0.15) is 12.8 Å². The van der Waals surface area contributed by atoms with Gasteiger partial charge in [-0.15, -0.1) is 0 Å². The minimum Gasteiger partial charge on any atom is -0.432 e. The molecular formula is C8H11NO5S. The van der Waals surface area contributed by atoms with Crippen molar-refractivity contribution in [3.8, 4) is 0 Å². The molecule has 1 saturated heterocycles. The Morgan fingerprint density at radius 1 is 1.40 bits per heavy atom. The molecule has 0 bridgehead atoms. The third-order valence-electron chi connectivity index (χ3n) is 1.68. The lowest BCUT2D eigenvalue weighted by molar-refractivity contribution is -0.176. The van der Waals surface area contributed by atoms with Crippen LogP contribution in [0.4, 0.5) is 4.79 Å². The van der Waals surface area contributed by atoms with Crippen LogP contribution in [-0.4, -0.2) is 41.6 Å². The predicted octanol–water partition coefficient (Wildman–Crippen LogP) is 0.567. The second-order valence-corrected chi connectivity index (χ2v) is 3.75. The maximum absolute atomic E-state index is 11.0. The standard InChI is InChI=1S/C8H11NO5S/c1-15-5-4-13-8(12)14-9-6(10)2-3-7(9)11/h2-5H2,1H3. The first-order valence-electron chi connectivity index (χ1n) is 4.34. The molecule has 1 heterocycles. The molecule has 0 atom stereocenters. The summed E-state index contributed by atoms with van der Waals surface area (Å²) in [5.74, 6) is -0.389. The Labute approximate surface area is 90.8 Å². The van der Waals surface area contributed by atoms with Crippen molar-refractivity contribution in [3.05, 3.63) is 0 Å². The van der Waals surface area contributed by atoms with Gasteiger partial charge in [-0.05, 0) is 6.26 Å². The fourth-order valence-corrected chi connectivity index (χ4v) is 1.22. The van der Waals surface area contributed by atoms with Gasteiger partial charge >= 0.3 is 6.16 Å². The molecular weight excluding hydrogens is 222 g/mol. The highest BCUT2D eigenvalue weighted by atomic mass is 32.2. The van der Waals surface area contributed by atoms with Crippen LogP contribution >= 0.6 is 11.8 Å². The van der Waals surface area contributed by atoms with E-state index in [4.69, 9.17) is 0 Å². The smallest absolute Gasteiger partial charge is 0.432 e. The molecule has 0 spiro atoms.